The third kappa shape index (κ3) is 4.61. The van der Waals surface area contributed by atoms with Crippen molar-refractivity contribution in [2.45, 2.75) is 0 Å². The van der Waals surface area contributed by atoms with Crippen LogP contribution >= 0.6 is 7.82 Å². The van der Waals surface area contributed by atoms with E-state index in [0.717, 1.165) is 0 Å². The molecule has 2 aromatic rings. The maximum Gasteiger partial charge on any atom is 2.00 e. The Bertz CT molecular complexity index is 473. The molecule has 88 valence electrons. The van der Waals surface area contributed by atoms with Crippen LogP contribution in [0.15, 0.2) is 60.7 Å². The number of hydrogen-bond acceptors (Lipinski definition) is 4. The number of benzene rings is 2. The van der Waals surface area contributed by atoms with Crippen LogP contribution in [0.5, 0.6) is 11.5 Å². The van der Waals surface area contributed by atoms with E-state index >= 15 is 0 Å². The van der Waals surface area contributed by atoms with Crippen LogP contribution in [-0.4, -0.2) is 0 Å². The van der Waals surface area contributed by atoms with Crippen molar-refractivity contribution in [1.82, 2.24) is 0 Å². The third-order valence-electron chi connectivity index (χ3n) is 1.92. The quantitative estimate of drug-likeness (QED) is 0.643. The van der Waals surface area contributed by atoms with E-state index in [0.29, 0.717) is 0 Å². The minimum absolute atomic E-state index is 0. The molecule has 2 aromatic carbocycles. The molecule has 0 unspecified atom stereocenters. The SMILES string of the molecule is O=P([O-])(Oc1ccccc1)Oc1ccccc1.[Zn+2]. The molecule has 0 radical (unpaired) electrons. The minimum atomic E-state index is -4.39. The van der Waals surface area contributed by atoms with Crippen molar-refractivity contribution in [2.75, 3.05) is 0 Å². The van der Waals surface area contributed by atoms with Crippen LogP contribution in [0.3, 0.4) is 0 Å². The summed E-state index contributed by atoms with van der Waals surface area (Å²) >= 11 is 0. The molecule has 4 nitrogen and oxygen atoms in total. The van der Waals surface area contributed by atoms with Gasteiger partial charge in [0, 0.05) is 0 Å². The summed E-state index contributed by atoms with van der Waals surface area (Å²) in [5.41, 5.74) is 0. The molecule has 0 aliphatic heterocycles. The Morgan fingerprint density at radius 1 is 0.778 bits per heavy atom. The Morgan fingerprint density at radius 3 is 1.44 bits per heavy atom. The molecule has 0 aromatic heterocycles. The van der Waals surface area contributed by atoms with Crippen LogP contribution < -0.4 is 13.9 Å². The number of para-hydroxylation sites is 2. The van der Waals surface area contributed by atoms with E-state index in [1.807, 2.05) is 0 Å². The van der Waals surface area contributed by atoms with Crippen molar-refractivity contribution in [3.05, 3.63) is 60.7 Å². The fraction of sp³-hybridized carbons (Fsp3) is 0. The van der Waals surface area contributed by atoms with Gasteiger partial charge in [-0.15, -0.1) is 0 Å². The Kier molecular flexibility index (Phi) is 5.55. The molecule has 0 heterocycles. The second-order valence-corrected chi connectivity index (χ2v) is 4.52. The van der Waals surface area contributed by atoms with Crippen molar-refractivity contribution in [1.29, 1.82) is 0 Å². The molecule has 18 heavy (non-hydrogen) atoms. The van der Waals surface area contributed by atoms with Gasteiger partial charge < -0.3 is 13.9 Å². The maximum absolute atomic E-state index is 11.6. The Balaban J connectivity index is 0.00000162. The Hall–Kier alpha value is -1.15. The van der Waals surface area contributed by atoms with E-state index in [-0.39, 0.29) is 31.0 Å². The van der Waals surface area contributed by atoms with Crippen LogP contribution in [0.2, 0.25) is 0 Å². The number of phosphoric acid groups is 1. The summed E-state index contributed by atoms with van der Waals surface area (Å²) in [7, 11) is -4.39. The van der Waals surface area contributed by atoms with Crippen molar-refractivity contribution < 1.29 is 38.0 Å². The van der Waals surface area contributed by atoms with E-state index in [1.165, 1.54) is 0 Å². The van der Waals surface area contributed by atoms with Gasteiger partial charge in [-0.25, -0.2) is 4.57 Å². The van der Waals surface area contributed by atoms with Crippen LogP contribution in [0.25, 0.3) is 0 Å². The molecular weight excluding hydrogens is 304 g/mol. The first-order valence-corrected chi connectivity index (χ1v) is 6.42. The minimum Gasteiger partial charge on any atom is -0.736 e. The standard InChI is InChI=1S/C12H11O4P.Zn/c13-17(14,15-11-7-3-1-4-8-11)16-12-9-5-2-6-10-12;/h1-10H,(H,13,14);/q;+2/p-1. The molecule has 2 rings (SSSR count). The van der Waals surface area contributed by atoms with E-state index in [9.17, 15) is 9.46 Å². The molecule has 0 aliphatic rings. The molecule has 0 fully saturated rings. The molecule has 0 atom stereocenters. The molecule has 0 amide bonds. The average Bonchev–Trinajstić information content (AvgIpc) is 2.30. The van der Waals surface area contributed by atoms with Gasteiger partial charge >= 0.3 is 27.3 Å². The summed E-state index contributed by atoms with van der Waals surface area (Å²) in [5.74, 6) is 0.448. The van der Waals surface area contributed by atoms with E-state index in [2.05, 4.69) is 0 Å². The van der Waals surface area contributed by atoms with Crippen LogP contribution in [-0.2, 0) is 24.0 Å². The smallest absolute Gasteiger partial charge is 0.736 e. The molecule has 6 heteroatoms. The van der Waals surface area contributed by atoms with Gasteiger partial charge in [-0.2, -0.15) is 0 Å². The predicted molar refractivity (Wildman–Crippen MR) is 61.7 cm³/mol. The zero-order valence-corrected chi connectivity index (χ0v) is 13.4. The molecule has 0 N–H and O–H groups in total. The molecule has 0 spiro atoms. The van der Waals surface area contributed by atoms with E-state index in [1.54, 1.807) is 60.7 Å². The van der Waals surface area contributed by atoms with Gasteiger partial charge in [-0.05, 0) is 24.3 Å². The summed E-state index contributed by atoms with van der Waals surface area (Å²) in [6, 6.07) is 16.4. The summed E-state index contributed by atoms with van der Waals surface area (Å²) in [5, 5.41) is 0. The van der Waals surface area contributed by atoms with Crippen molar-refractivity contribution in [3.63, 3.8) is 0 Å². The first-order chi connectivity index (χ1) is 8.16. The van der Waals surface area contributed by atoms with Gasteiger partial charge in [0.2, 0.25) is 0 Å². The number of hydrogen-bond donors (Lipinski definition) is 0. The molecule has 0 saturated carbocycles. The van der Waals surface area contributed by atoms with Crippen molar-refractivity contribution in [3.8, 4) is 11.5 Å². The molecule has 0 aliphatic carbocycles. The summed E-state index contributed by atoms with van der Waals surface area (Å²) in [6.45, 7) is 0. The van der Waals surface area contributed by atoms with Crippen LogP contribution in [0.4, 0.5) is 0 Å². The zero-order chi connectivity index (χ0) is 12.1. The summed E-state index contributed by atoms with van der Waals surface area (Å²) in [6.07, 6.45) is 0. The predicted octanol–water partition coefficient (Wildman–Crippen LogP) is 2.61. The fourth-order valence-corrected chi connectivity index (χ4v) is 2.04. The van der Waals surface area contributed by atoms with Crippen LogP contribution in [0.1, 0.15) is 0 Å². The first kappa shape index (κ1) is 14.9. The number of phosphoric ester groups is 1. The van der Waals surface area contributed by atoms with Gasteiger partial charge in [-0.1, -0.05) is 36.4 Å². The fourth-order valence-electron chi connectivity index (χ4n) is 1.24. The maximum atomic E-state index is 11.6. The second kappa shape index (κ2) is 6.70. The summed E-state index contributed by atoms with van der Waals surface area (Å²) in [4.78, 5) is 11.6. The normalized spacial score (nSPS) is 10.3. The third-order valence-corrected chi connectivity index (χ3v) is 2.79. The molecular formula is C12H10O4PZn+. The van der Waals surface area contributed by atoms with Gasteiger partial charge in [-0.3, -0.25) is 0 Å². The van der Waals surface area contributed by atoms with E-state index < -0.39 is 7.82 Å². The molecule has 0 bridgehead atoms. The van der Waals surface area contributed by atoms with E-state index in [4.69, 9.17) is 9.05 Å². The topological polar surface area (TPSA) is 58.6 Å². The Labute approximate surface area is 118 Å². The van der Waals surface area contributed by atoms with Gasteiger partial charge in [0.1, 0.15) is 11.5 Å². The summed E-state index contributed by atoms with van der Waals surface area (Å²) < 4.78 is 21.1. The van der Waals surface area contributed by atoms with Crippen molar-refractivity contribution >= 4 is 7.82 Å². The second-order valence-electron chi connectivity index (χ2n) is 3.26. The van der Waals surface area contributed by atoms with Crippen LogP contribution in [0, 0.1) is 0 Å². The number of rotatable bonds is 4. The first-order valence-electron chi connectivity index (χ1n) is 4.96. The average molecular weight is 315 g/mol. The van der Waals surface area contributed by atoms with Gasteiger partial charge in [0.15, 0.2) is 0 Å². The zero-order valence-electron chi connectivity index (χ0n) is 9.56. The molecule has 0 saturated heterocycles. The Morgan fingerprint density at radius 2 is 1.11 bits per heavy atom. The van der Waals surface area contributed by atoms with Gasteiger partial charge in [0.05, 0.1) is 0 Å². The monoisotopic (exact) mass is 313 g/mol. The largest absolute Gasteiger partial charge is 2.00 e. The van der Waals surface area contributed by atoms with Gasteiger partial charge in [0.25, 0.3) is 0 Å². The van der Waals surface area contributed by atoms with Crippen molar-refractivity contribution in [2.24, 2.45) is 0 Å².